The third-order valence-electron chi connectivity index (χ3n) is 3.95. The van der Waals surface area contributed by atoms with Gasteiger partial charge in [0.2, 0.25) is 6.10 Å². The first-order valence-electron chi connectivity index (χ1n) is 8.08. The highest BCUT2D eigenvalue weighted by Crippen LogP contribution is 2.15. The molecule has 6 heteroatoms. The molecule has 0 bridgehead atoms. The van der Waals surface area contributed by atoms with E-state index in [2.05, 4.69) is 10.5 Å². The predicted octanol–water partition coefficient (Wildman–Crippen LogP) is 3.01. The summed E-state index contributed by atoms with van der Waals surface area (Å²) >= 11 is 0. The zero-order valence-corrected chi connectivity index (χ0v) is 13.5. The molecule has 1 atom stereocenters. The maximum absolute atomic E-state index is 13.1. The van der Waals surface area contributed by atoms with Crippen molar-refractivity contribution in [1.29, 1.82) is 0 Å². The lowest BCUT2D eigenvalue weighted by molar-refractivity contribution is -0.131. The van der Waals surface area contributed by atoms with E-state index >= 15 is 0 Å². The minimum absolute atomic E-state index is 0.241. The van der Waals surface area contributed by atoms with Crippen LogP contribution in [0.3, 0.4) is 0 Å². The fourth-order valence-corrected chi connectivity index (χ4v) is 2.65. The minimum Gasteiger partial charge on any atom is -0.382 e. The molecule has 1 N–H and O–H groups in total. The number of rotatable bonds is 6. The quantitative estimate of drug-likeness (QED) is 0.876. The molecule has 0 saturated carbocycles. The average molecular weight is 344 g/mol. The molecule has 3 rings (SSSR count). The van der Waals surface area contributed by atoms with Crippen LogP contribution in [0.15, 0.2) is 53.7 Å². The smallest absolute Gasteiger partial charge is 0.264 e. The SMILES string of the molecule is O=C(NCCc1cccc(F)c1)C1CC(Cc2ccc(F)cc2)=NO1. The van der Waals surface area contributed by atoms with Crippen LogP contribution in [0.4, 0.5) is 8.78 Å². The van der Waals surface area contributed by atoms with Crippen molar-refractivity contribution in [2.75, 3.05) is 6.54 Å². The number of nitrogens with one attached hydrogen (secondary N) is 1. The van der Waals surface area contributed by atoms with Crippen molar-refractivity contribution in [3.8, 4) is 0 Å². The first-order chi connectivity index (χ1) is 12.1. The van der Waals surface area contributed by atoms with Gasteiger partial charge in [0, 0.05) is 19.4 Å². The van der Waals surface area contributed by atoms with Gasteiger partial charge in [0.1, 0.15) is 11.6 Å². The number of hydrogen-bond acceptors (Lipinski definition) is 3. The molecule has 0 aromatic heterocycles. The summed E-state index contributed by atoms with van der Waals surface area (Å²) in [4.78, 5) is 17.3. The molecule has 1 unspecified atom stereocenters. The lowest BCUT2D eigenvalue weighted by Gasteiger charge is -2.09. The molecule has 2 aromatic rings. The van der Waals surface area contributed by atoms with E-state index in [0.29, 0.717) is 25.8 Å². The molecule has 1 amide bonds. The zero-order valence-electron chi connectivity index (χ0n) is 13.5. The summed E-state index contributed by atoms with van der Waals surface area (Å²) in [6, 6.07) is 12.4. The van der Waals surface area contributed by atoms with Crippen molar-refractivity contribution in [2.24, 2.45) is 5.16 Å². The zero-order chi connectivity index (χ0) is 17.6. The molecule has 1 aliphatic rings. The Morgan fingerprint density at radius 1 is 1.12 bits per heavy atom. The Labute approximate surface area is 144 Å². The molecule has 0 aliphatic carbocycles. The second-order valence-electron chi connectivity index (χ2n) is 5.93. The van der Waals surface area contributed by atoms with E-state index in [9.17, 15) is 13.6 Å². The summed E-state index contributed by atoms with van der Waals surface area (Å²) < 4.78 is 26.0. The minimum atomic E-state index is -0.650. The van der Waals surface area contributed by atoms with Crippen LogP contribution in [-0.2, 0) is 22.5 Å². The summed E-state index contributed by atoms with van der Waals surface area (Å²) in [5.74, 6) is -0.819. The molecular formula is C19H18F2N2O2. The highest BCUT2D eigenvalue weighted by atomic mass is 19.1. The maximum Gasteiger partial charge on any atom is 0.264 e. The number of nitrogens with zero attached hydrogens (tertiary/aromatic N) is 1. The summed E-state index contributed by atoms with van der Waals surface area (Å²) in [6.07, 6.45) is 0.818. The number of oxime groups is 1. The topological polar surface area (TPSA) is 50.7 Å². The van der Waals surface area contributed by atoms with Crippen molar-refractivity contribution in [3.05, 3.63) is 71.3 Å². The van der Waals surface area contributed by atoms with Crippen LogP contribution in [0, 0.1) is 11.6 Å². The van der Waals surface area contributed by atoms with Gasteiger partial charge in [-0.1, -0.05) is 29.4 Å². The monoisotopic (exact) mass is 344 g/mol. The fraction of sp³-hybridized carbons (Fsp3) is 0.263. The Morgan fingerprint density at radius 3 is 2.68 bits per heavy atom. The van der Waals surface area contributed by atoms with Crippen LogP contribution >= 0.6 is 0 Å². The van der Waals surface area contributed by atoms with E-state index in [-0.39, 0.29) is 17.5 Å². The standard InChI is InChI=1S/C19H18F2N2O2/c20-15-6-4-14(5-7-15)11-17-12-18(25-23-17)19(24)22-9-8-13-2-1-3-16(21)10-13/h1-7,10,18H,8-9,11-12H2,(H,22,24). The summed E-state index contributed by atoms with van der Waals surface area (Å²) in [6.45, 7) is 0.398. The Hall–Kier alpha value is -2.76. The van der Waals surface area contributed by atoms with Gasteiger partial charge in [-0.2, -0.15) is 0 Å². The molecule has 0 fully saturated rings. The van der Waals surface area contributed by atoms with Crippen molar-refractivity contribution in [1.82, 2.24) is 5.32 Å². The Balaban J connectivity index is 1.43. The van der Waals surface area contributed by atoms with Gasteiger partial charge >= 0.3 is 0 Å². The molecule has 2 aromatic carbocycles. The van der Waals surface area contributed by atoms with E-state index in [1.807, 2.05) is 6.07 Å². The molecule has 0 radical (unpaired) electrons. The number of halogens is 2. The normalized spacial score (nSPS) is 16.2. The van der Waals surface area contributed by atoms with E-state index < -0.39 is 6.10 Å². The van der Waals surface area contributed by atoms with Gasteiger partial charge in [0.05, 0.1) is 5.71 Å². The van der Waals surface area contributed by atoms with Gasteiger partial charge in [0.25, 0.3) is 5.91 Å². The highest BCUT2D eigenvalue weighted by Gasteiger charge is 2.27. The van der Waals surface area contributed by atoms with E-state index in [4.69, 9.17) is 4.84 Å². The highest BCUT2D eigenvalue weighted by molar-refractivity contribution is 5.93. The van der Waals surface area contributed by atoms with Gasteiger partial charge in [-0.15, -0.1) is 0 Å². The number of hydrogen-bond donors (Lipinski definition) is 1. The third kappa shape index (κ3) is 4.86. The van der Waals surface area contributed by atoms with Gasteiger partial charge in [0.15, 0.2) is 0 Å². The molecule has 4 nitrogen and oxygen atoms in total. The number of carbonyl (C=O) groups excluding carboxylic acids is 1. The van der Waals surface area contributed by atoms with Gasteiger partial charge in [-0.3, -0.25) is 4.79 Å². The molecule has 0 spiro atoms. The lowest BCUT2D eigenvalue weighted by Crippen LogP contribution is -2.36. The van der Waals surface area contributed by atoms with Crippen LogP contribution in [0.25, 0.3) is 0 Å². The van der Waals surface area contributed by atoms with Crippen LogP contribution < -0.4 is 5.32 Å². The molecule has 1 aliphatic heterocycles. The van der Waals surface area contributed by atoms with E-state index in [1.54, 1.807) is 18.2 Å². The van der Waals surface area contributed by atoms with Gasteiger partial charge < -0.3 is 10.2 Å². The first kappa shape index (κ1) is 17.1. The number of benzene rings is 2. The van der Waals surface area contributed by atoms with Crippen molar-refractivity contribution < 1.29 is 18.4 Å². The Bertz CT molecular complexity index is 775. The number of carbonyl (C=O) groups is 1. The second kappa shape index (κ2) is 7.88. The molecule has 1 heterocycles. The van der Waals surface area contributed by atoms with Gasteiger partial charge in [-0.25, -0.2) is 8.78 Å². The summed E-state index contributed by atoms with van der Waals surface area (Å²) in [7, 11) is 0. The second-order valence-corrected chi connectivity index (χ2v) is 5.93. The summed E-state index contributed by atoms with van der Waals surface area (Å²) in [5, 5.41) is 6.72. The van der Waals surface area contributed by atoms with Crippen LogP contribution in [0.5, 0.6) is 0 Å². The van der Waals surface area contributed by atoms with Crippen LogP contribution in [0.2, 0.25) is 0 Å². The van der Waals surface area contributed by atoms with Crippen molar-refractivity contribution >= 4 is 11.6 Å². The Morgan fingerprint density at radius 2 is 1.92 bits per heavy atom. The molecule has 0 saturated heterocycles. The molecular weight excluding hydrogens is 326 g/mol. The summed E-state index contributed by atoms with van der Waals surface area (Å²) in [5.41, 5.74) is 2.48. The Kier molecular flexibility index (Phi) is 5.38. The van der Waals surface area contributed by atoms with Crippen molar-refractivity contribution in [2.45, 2.75) is 25.4 Å². The van der Waals surface area contributed by atoms with E-state index in [0.717, 1.165) is 16.8 Å². The van der Waals surface area contributed by atoms with Crippen LogP contribution in [0.1, 0.15) is 17.5 Å². The number of amides is 1. The first-order valence-corrected chi connectivity index (χ1v) is 8.08. The predicted molar refractivity (Wildman–Crippen MR) is 90.1 cm³/mol. The largest absolute Gasteiger partial charge is 0.382 e. The van der Waals surface area contributed by atoms with E-state index in [1.165, 1.54) is 24.3 Å². The molecule has 130 valence electrons. The lowest BCUT2D eigenvalue weighted by atomic mass is 10.0. The average Bonchev–Trinajstić information content (AvgIpc) is 3.06. The fourth-order valence-electron chi connectivity index (χ4n) is 2.65. The molecule has 25 heavy (non-hydrogen) atoms. The maximum atomic E-state index is 13.1. The van der Waals surface area contributed by atoms with Crippen LogP contribution in [-0.4, -0.2) is 24.3 Å². The van der Waals surface area contributed by atoms with Crippen molar-refractivity contribution in [3.63, 3.8) is 0 Å². The van der Waals surface area contributed by atoms with Gasteiger partial charge in [-0.05, 0) is 41.8 Å². The third-order valence-corrected chi connectivity index (χ3v) is 3.95.